The molecule has 0 amide bonds. The van der Waals surface area contributed by atoms with E-state index in [1.165, 1.54) is 6.07 Å². The first kappa shape index (κ1) is 13.1. The van der Waals surface area contributed by atoms with E-state index in [1.54, 1.807) is 12.3 Å². The van der Waals surface area contributed by atoms with E-state index in [0.717, 1.165) is 22.0 Å². The van der Waals surface area contributed by atoms with E-state index in [9.17, 15) is 4.39 Å². The van der Waals surface area contributed by atoms with Crippen LogP contribution >= 0.6 is 15.9 Å². The summed E-state index contributed by atoms with van der Waals surface area (Å²) in [4.78, 5) is 4.11. The van der Waals surface area contributed by atoms with E-state index in [1.807, 2.05) is 36.5 Å². The van der Waals surface area contributed by atoms with E-state index in [4.69, 9.17) is 0 Å². The Labute approximate surface area is 124 Å². The molecule has 1 heterocycles. The van der Waals surface area contributed by atoms with Crippen LogP contribution in [0.25, 0.3) is 10.8 Å². The van der Waals surface area contributed by atoms with Gasteiger partial charge in [0.15, 0.2) is 0 Å². The number of pyridine rings is 1. The van der Waals surface area contributed by atoms with Gasteiger partial charge in [-0.3, -0.25) is 4.98 Å². The summed E-state index contributed by atoms with van der Waals surface area (Å²) in [5, 5.41) is 5.53. The molecule has 0 atom stereocenters. The fourth-order valence-corrected chi connectivity index (χ4v) is 2.37. The SMILES string of the molecule is Fc1cc(CNc2cccc3cnccc23)ccc1Br. The Bertz CT molecular complexity index is 753. The number of nitrogens with one attached hydrogen (secondary N) is 1. The number of hydrogen-bond acceptors (Lipinski definition) is 2. The number of hydrogen-bond donors (Lipinski definition) is 1. The minimum atomic E-state index is -0.244. The van der Waals surface area contributed by atoms with Gasteiger partial charge in [0.25, 0.3) is 0 Å². The van der Waals surface area contributed by atoms with Crippen LogP contribution in [-0.4, -0.2) is 4.98 Å². The Kier molecular flexibility index (Phi) is 3.65. The summed E-state index contributed by atoms with van der Waals surface area (Å²) in [6, 6.07) is 13.1. The number of halogens is 2. The Hall–Kier alpha value is -1.94. The summed E-state index contributed by atoms with van der Waals surface area (Å²) >= 11 is 3.16. The van der Waals surface area contributed by atoms with E-state index in [-0.39, 0.29) is 5.82 Å². The lowest BCUT2D eigenvalue weighted by Gasteiger charge is -2.10. The molecule has 0 aliphatic heterocycles. The molecule has 2 nitrogen and oxygen atoms in total. The summed E-state index contributed by atoms with van der Waals surface area (Å²) in [7, 11) is 0. The monoisotopic (exact) mass is 330 g/mol. The van der Waals surface area contributed by atoms with E-state index in [0.29, 0.717) is 11.0 Å². The molecule has 3 rings (SSSR count). The van der Waals surface area contributed by atoms with Crippen LogP contribution in [0.2, 0.25) is 0 Å². The van der Waals surface area contributed by atoms with Crippen LogP contribution in [0.15, 0.2) is 59.3 Å². The van der Waals surface area contributed by atoms with Crippen molar-refractivity contribution < 1.29 is 4.39 Å². The smallest absolute Gasteiger partial charge is 0.137 e. The molecule has 0 radical (unpaired) electrons. The van der Waals surface area contributed by atoms with E-state index in [2.05, 4.69) is 26.2 Å². The number of aromatic nitrogens is 1. The number of benzene rings is 2. The highest BCUT2D eigenvalue weighted by Crippen LogP contribution is 2.23. The molecule has 0 spiro atoms. The van der Waals surface area contributed by atoms with Gasteiger partial charge in [0.05, 0.1) is 4.47 Å². The third-order valence-electron chi connectivity index (χ3n) is 3.15. The van der Waals surface area contributed by atoms with Gasteiger partial charge < -0.3 is 5.32 Å². The molecule has 0 fully saturated rings. The molecule has 1 N–H and O–H groups in total. The maximum Gasteiger partial charge on any atom is 0.137 e. The van der Waals surface area contributed by atoms with Crippen LogP contribution in [0.1, 0.15) is 5.56 Å². The third kappa shape index (κ3) is 2.65. The van der Waals surface area contributed by atoms with Gasteiger partial charge in [-0.1, -0.05) is 18.2 Å². The molecule has 0 aliphatic rings. The second-order valence-corrected chi connectivity index (χ2v) is 5.36. The maximum atomic E-state index is 13.5. The van der Waals surface area contributed by atoms with Crippen molar-refractivity contribution in [3.63, 3.8) is 0 Å². The highest BCUT2D eigenvalue weighted by molar-refractivity contribution is 9.10. The number of anilines is 1. The summed E-state index contributed by atoms with van der Waals surface area (Å²) in [6.45, 7) is 0.575. The fraction of sp³-hybridized carbons (Fsp3) is 0.0625. The van der Waals surface area contributed by atoms with Crippen LogP contribution in [0, 0.1) is 5.82 Å². The summed E-state index contributed by atoms with van der Waals surface area (Å²) < 4.78 is 14.0. The standard InChI is InChI=1S/C16H12BrFN2/c17-14-5-4-11(8-15(14)18)9-20-16-3-1-2-12-10-19-7-6-13(12)16/h1-8,10,20H,9H2. The predicted molar refractivity (Wildman–Crippen MR) is 83.2 cm³/mol. The molecular formula is C16H12BrFN2. The summed E-state index contributed by atoms with van der Waals surface area (Å²) in [5.74, 6) is -0.244. The average Bonchev–Trinajstić information content (AvgIpc) is 2.48. The molecule has 3 aromatic rings. The van der Waals surface area contributed by atoms with Crippen molar-refractivity contribution in [2.45, 2.75) is 6.54 Å². The zero-order valence-corrected chi connectivity index (χ0v) is 12.2. The molecule has 0 bridgehead atoms. The van der Waals surface area contributed by atoms with Crippen molar-refractivity contribution in [3.05, 3.63) is 70.7 Å². The van der Waals surface area contributed by atoms with Crippen LogP contribution in [-0.2, 0) is 6.54 Å². The highest BCUT2D eigenvalue weighted by Gasteiger charge is 2.03. The summed E-state index contributed by atoms with van der Waals surface area (Å²) in [6.07, 6.45) is 3.60. The van der Waals surface area contributed by atoms with Gasteiger partial charge >= 0.3 is 0 Å². The van der Waals surface area contributed by atoms with Crippen molar-refractivity contribution >= 4 is 32.4 Å². The highest BCUT2D eigenvalue weighted by atomic mass is 79.9. The van der Waals surface area contributed by atoms with Gasteiger partial charge in [-0.25, -0.2) is 4.39 Å². The predicted octanol–water partition coefficient (Wildman–Crippen LogP) is 4.75. The van der Waals surface area contributed by atoms with E-state index < -0.39 is 0 Å². The first-order valence-corrected chi connectivity index (χ1v) is 7.04. The van der Waals surface area contributed by atoms with Crippen LogP contribution in [0.3, 0.4) is 0 Å². The molecule has 1 aromatic heterocycles. The Balaban J connectivity index is 1.85. The van der Waals surface area contributed by atoms with Crippen LogP contribution in [0.4, 0.5) is 10.1 Å². The maximum absolute atomic E-state index is 13.5. The van der Waals surface area contributed by atoms with Crippen LogP contribution < -0.4 is 5.32 Å². The van der Waals surface area contributed by atoms with Gasteiger partial charge in [0.1, 0.15) is 5.82 Å². The molecule has 0 aliphatic carbocycles. The van der Waals surface area contributed by atoms with Crippen molar-refractivity contribution in [3.8, 4) is 0 Å². The van der Waals surface area contributed by atoms with Gasteiger partial charge in [0, 0.05) is 35.4 Å². The lowest BCUT2D eigenvalue weighted by atomic mass is 10.1. The number of fused-ring (bicyclic) bond motifs is 1. The zero-order valence-electron chi connectivity index (χ0n) is 10.6. The topological polar surface area (TPSA) is 24.9 Å². The Morgan fingerprint density at radius 3 is 2.90 bits per heavy atom. The summed E-state index contributed by atoms with van der Waals surface area (Å²) in [5.41, 5.74) is 1.92. The number of nitrogens with zero attached hydrogens (tertiary/aromatic N) is 1. The second-order valence-electron chi connectivity index (χ2n) is 4.50. The molecule has 0 unspecified atom stereocenters. The van der Waals surface area contributed by atoms with Crippen molar-refractivity contribution in [1.82, 2.24) is 4.98 Å². The average molecular weight is 331 g/mol. The van der Waals surface area contributed by atoms with Gasteiger partial charge in [-0.05, 0) is 45.8 Å². The third-order valence-corrected chi connectivity index (χ3v) is 3.79. The molecule has 2 aromatic carbocycles. The Morgan fingerprint density at radius 1 is 1.15 bits per heavy atom. The van der Waals surface area contributed by atoms with Crippen molar-refractivity contribution in [2.24, 2.45) is 0 Å². The molecule has 20 heavy (non-hydrogen) atoms. The molecule has 4 heteroatoms. The Morgan fingerprint density at radius 2 is 2.05 bits per heavy atom. The quantitative estimate of drug-likeness (QED) is 0.749. The lowest BCUT2D eigenvalue weighted by Crippen LogP contribution is -2.00. The second kappa shape index (κ2) is 5.59. The first-order chi connectivity index (χ1) is 9.74. The molecule has 100 valence electrons. The minimum Gasteiger partial charge on any atom is -0.380 e. The first-order valence-electron chi connectivity index (χ1n) is 6.24. The van der Waals surface area contributed by atoms with E-state index >= 15 is 0 Å². The normalized spacial score (nSPS) is 10.7. The molecule has 0 saturated heterocycles. The van der Waals surface area contributed by atoms with Crippen molar-refractivity contribution in [2.75, 3.05) is 5.32 Å². The van der Waals surface area contributed by atoms with Gasteiger partial charge in [0.2, 0.25) is 0 Å². The van der Waals surface area contributed by atoms with Gasteiger partial charge in [-0.15, -0.1) is 0 Å². The minimum absolute atomic E-state index is 0.244. The largest absolute Gasteiger partial charge is 0.380 e. The van der Waals surface area contributed by atoms with Crippen molar-refractivity contribution in [1.29, 1.82) is 0 Å². The van der Waals surface area contributed by atoms with Crippen LogP contribution in [0.5, 0.6) is 0 Å². The molecule has 0 saturated carbocycles. The molecular weight excluding hydrogens is 319 g/mol. The fourth-order valence-electron chi connectivity index (χ4n) is 2.12. The lowest BCUT2D eigenvalue weighted by molar-refractivity contribution is 0.619. The van der Waals surface area contributed by atoms with Gasteiger partial charge in [-0.2, -0.15) is 0 Å². The number of rotatable bonds is 3. The zero-order chi connectivity index (χ0) is 13.9.